The molecule has 0 spiro atoms. The summed E-state index contributed by atoms with van der Waals surface area (Å²) >= 11 is 1.19. The molecule has 18 heavy (non-hydrogen) atoms. The highest BCUT2D eigenvalue weighted by Crippen LogP contribution is 2.22. The molecule has 6 heteroatoms. The summed E-state index contributed by atoms with van der Waals surface area (Å²) < 4.78 is 39.0. The number of carbonyl (C=O) groups is 1. The molecule has 0 aliphatic rings. The van der Waals surface area contributed by atoms with E-state index in [0.717, 1.165) is 17.7 Å². The van der Waals surface area contributed by atoms with Crippen LogP contribution in [0.25, 0.3) is 0 Å². The van der Waals surface area contributed by atoms with Crippen LogP contribution in [0.3, 0.4) is 0 Å². The van der Waals surface area contributed by atoms with Crippen LogP contribution in [0.4, 0.5) is 18.9 Å². The highest BCUT2D eigenvalue weighted by molar-refractivity contribution is 7.12. The number of anilines is 1. The summed E-state index contributed by atoms with van der Waals surface area (Å²) in [5.41, 5.74) is 0.354. The lowest BCUT2D eigenvalue weighted by atomic mass is 10.2. The van der Waals surface area contributed by atoms with Crippen LogP contribution in [-0.4, -0.2) is 5.91 Å². The molecule has 2 rings (SSSR count). The van der Waals surface area contributed by atoms with Crippen LogP contribution in [0.2, 0.25) is 0 Å². The molecule has 1 heterocycles. The first kappa shape index (κ1) is 12.6. The molecule has 0 atom stereocenters. The molecule has 2 nitrogen and oxygen atoms in total. The van der Waals surface area contributed by atoms with E-state index in [9.17, 15) is 18.0 Å². The molecule has 0 radical (unpaired) electrons. The molecule has 0 aliphatic carbocycles. The van der Waals surface area contributed by atoms with E-state index in [2.05, 4.69) is 5.32 Å². The molecule has 1 amide bonds. The minimum Gasteiger partial charge on any atom is -0.319 e. The lowest BCUT2D eigenvalue weighted by Gasteiger charge is -2.06. The van der Waals surface area contributed by atoms with Gasteiger partial charge in [-0.05, 0) is 36.1 Å². The summed E-state index contributed by atoms with van der Waals surface area (Å²) in [6, 6.07) is 3.48. The SMILES string of the molecule is Cc1ccsc1C(=O)Nc1ccc(F)c(F)c1F. The molecule has 0 fully saturated rings. The maximum absolute atomic E-state index is 13.3. The van der Waals surface area contributed by atoms with Gasteiger partial charge in [-0.3, -0.25) is 4.79 Å². The van der Waals surface area contributed by atoms with Gasteiger partial charge in [-0.2, -0.15) is 0 Å². The predicted octanol–water partition coefficient (Wildman–Crippen LogP) is 3.73. The van der Waals surface area contributed by atoms with Crippen LogP contribution < -0.4 is 5.32 Å². The number of hydrogen-bond acceptors (Lipinski definition) is 2. The molecule has 0 saturated carbocycles. The minimum atomic E-state index is -1.60. The highest BCUT2D eigenvalue weighted by Gasteiger charge is 2.17. The number of carbonyl (C=O) groups excluding carboxylic acids is 1. The van der Waals surface area contributed by atoms with Gasteiger partial charge in [-0.15, -0.1) is 11.3 Å². The van der Waals surface area contributed by atoms with Gasteiger partial charge >= 0.3 is 0 Å². The topological polar surface area (TPSA) is 29.1 Å². The number of halogens is 3. The fourth-order valence-corrected chi connectivity index (χ4v) is 2.23. The molecule has 2 aromatic rings. The van der Waals surface area contributed by atoms with Crippen molar-refractivity contribution in [3.63, 3.8) is 0 Å². The smallest absolute Gasteiger partial charge is 0.266 e. The predicted molar refractivity (Wildman–Crippen MR) is 63.3 cm³/mol. The second-order valence-corrected chi connectivity index (χ2v) is 4.53. The van der Waals surface area contributed by atoms with E-state index in [1.165, 1.54) is 11.3 Å². The van der Waals surface area contributed by atoms with E-state index in [4.69, 9.17) is 0 Å². The fourth-order valence-electron chi connectivity index (χ4n) is 1.41. The van der Waals surface area contributed by atoms with Gasteiger partial charge in [0.2, 0.25) is 0 Å². The Morgan fingerprint density at radius 1 is 1.17 bits per heavy atom. The van der Waals surface area contributed by atoms with E-state index in [1.54, 1.807) is 18.4 Å². The molecule has 1 N–H and O–H groups in total. The Balaban J connectivity index is 2.28. The first-order valence-electron chi connectivity index (χ1n) is 4.99. The molecule has 0 saturated heterocycles. The third-order valence-electron chi connectivity index (χ3n) is 2.35. The van der Waals surface area contributed by atoms with Crippen LogP contribution in [0, 0.1) is 24.4 Å². The van der Waals surface area contributed by atoms with Crippen LogP contribution in [0.15, 0.2) is 23.6 Å². The largest absolute Gasteiger partial charge is 0.319 e. The van der Waals surface area contributed by atoms with Crippen LogP contribution in [0.1, 0.15) is 15.2 Å². The molecule has 1 aromatic carbocycles. The number of nitrogens with one attached hydrogen (secondary N) is 1. The van der Waals surface area contributed by atoms with Crippen molar-refractivity contribution in [2.75, 3.05) is 5.32 Å². The second-order valence-electron chi connectivity index (χ2n) is 3.61. The first-order valence-corrected chi connectivity index (χ1v) is 5.87. The maximum Gasteiger partial charge on any atom is 0.266 e. The monoisotopic (exact) mass is 271 g/mol. The van der Waals surface area contributed by atoms with Crippen molar-refractivity contribution in [2.24, 2.45) is 0 Å². The zero-order chi connectivity index (χ0) is 13.3. The minimum absolute atomic E-state index is 0.383. The van der Waals surface area contributed by atoms with E-state index in [-0.39, 0.29) is 5.69 Å². The summed E-state index contributed by atoms with van der Waals surface area (Å²) in [6.07, 6.45) is 0. The van der Waals surface area contributed by atoms with Gasteiger partial charge in [0.1, 0.15) is 0 Å². The van der Waals surface area contributed by atoms with Gasteiger partial charge in [-0.1, -0.05) is 0 Å². The Bertz CT molecular complexity index is 609. The van der Waals surface area contributed by atoms with E-state index < -0.39 is 23.4 Å². The van der Waals surface area contributed by atoms with Crippen LogP contribution in [0.5, 0.6) is 0 Å². The number of amides is 1. The summed E-state index contributed by atoms with van der Waals surface area (Å²) in [6.45, 7) is 1.73. The number of hydrogen-bond donors (Lipinski definition) is 1. The van der Waals surface area contributed by atoms with Gasteiger partial charge in [0.15, 0.2) is 17.5 Å². The van der Waals surface area contributed by atoms with Crippen molar-refractivity contribution in [3.05, 3.63) is 51.5 Å². The molecule has 1 aromatic heterocycles. The lowest BCUT2D eigenvalue weighted by Crippen LogP contribution is -2.13. The Morgan fingerprint density at radius 3 is 2.50 bits per heavy atom. The molecule has 0 bridgehead atoms. The third kappa shape index (κ3) is 2.24. The Labute approximate surface area is 105 Å². The zero-order valence-corrected chi connectivity index (χ0v) is 10.1. The van der Waals surface area contributed by atoms with Crippen molar-refractivity contribution < 1.29 is 18.0 Å². The average molecular weight is 271 g/mol. The normalized spacial score (nSPS) is 10.4. The molecular formula is C12H8F3NOS. The van der Waals surface area contributed by atoms with Crippen molar-refractivity contribution in [1.82, 2.24) is 0 Å². The third-order valence-corrected chi connectivity index (χ3v) is 3.37. The quantitative estimate of drug-likeness (QED) is 0.828. The highest BCUT2D eigenvalue weighted by atomic mass is 32.1. The van der Waals surface area contributed by atoms with Crippen molar-refractivity contribution in [1.29, 1.82) is 0 Å². The summed E-state index contributed by atoms with van der Waals surface area (Å²) in [5, 5.41) is 3.93. The molecule has 0 aliphatic heterocycles. The Hall–Kier alpha value is -1.82. The molecular weight excluding hydrogens is 263 g/mol. The fraction of sp³-hybridized carbons (Fsp3) is 0.0833. The van der Waals surface area contributed by atoms with Crippen LogP contribution in [-0.2, 0) is 0 Å². The van der Waals surface area contributed by atoms with Gasteiger partial charge in [0, 0.05) is 0 Å². The standard InChI is InChI=1S/C12H8F3NOS/c1-6-4-5-18-11(6)12(17)16-8-3-2-7(13)9(14)10(8)15/h2-5H,1H3,(H,16,17). The van der Waals surface area contributed by atoms with Crippen molar-refractivity contribution in [3.8, 4) is 0 Å². The number of thiophene rings is 1. The Morgan fingerprint density at radius 2 is 1.89 bits per heavy atom. The molecule has 94 valence electrons. The summed E-state index contributed by atoms with van der Waals surface area (Å²) in [5.74, 6) is -4.85. The van der Waals surface area contributed by atoms with Crippen molar-refractivity contribution >= 4 is 22.9 Å². The summed E-state index contributed by atoms with van der Waals surface area (Å²) in [4.78, 5) is 12.2. The first-order chi connectivity index (χ1) is 8.50. The number of rotatable bonds is 2. The van der Waals surface area contributed by atoms with E-state index in [1.807, 2.05) is 0 Å². The van der Waals surface area contributed by atoms with E-state index >= 15 is 0 Å². The van der Waals surface area contributed by atoms with Gasteiger partial charge in [-0.25, -0.2) is 13.2 Å². The van der Waals surface area contributed by atoms with Crippen molar-refractivity contribution in [2.45, 2.75) is 6.92 Å². The zero-order valence-electron chi connectivity index (χ0n) is 9.26. The Kier molecular flexibility index (Phi) is 3.38. The van der Waals surface area contributed by atoms with Gasteiger partial charge in [0.25, 0.3) is 5.91 Å². The van der Waals surface area contributed by atoms with Crippen LogP contribution >= 0.6 is 11.3 Å². The van der Waals surface area contributed by atoms with Gasteiger partial charge in [0.05, 0.1) is 10.6 Å². The maximum atomic E-state index is 13.3. The van der Waals surface area contributed by atoms with E-state index in [0.29, 0.717) is 4.88 Å². The lowest BCUT2D eigenvalue weighted by molar-refractivity contribution is 0.102. The number of aryl methyl sites for hydroxylation is 1. The average Bonchev–Trinajstić information content (AvgIpc) is 2.76. The van der Waals surface area contributed by atoms with Gasteiger partial charge < -0.3 is 5.32 Å². The summed E-state index contributed by atoms with van der Waals surface area (Å²) in [7, 11) is 0. The number of benzene rings is 1. The second kappa shape index (κ2) is 4.81. The molecule has 0 unspecified atom stereocenters.